The summed E-state index contributed by atoms with van der Waals surface area (Å²) >= 11 is 0. The Morgan fingerprint density at radius 2 is 1.81 bits per heavy atom. The van der Waals surface area contributed by atoms with Gasteiger partial charge < -0.3 is 19.5 Å². The van der Waals surface area contributed by atoms with Gasteiger partial charge in [-0.2, -0.15) is 0 Å². The molecule has 162 valence electrons. The predicted molar refractivity (Wildman–Crippen MR) is 118 cm³/mol. The molecule has 3 aromatic rings. The highest BCUT2D eigenvalue weighted by Crippen LogP contribution is 2.44. The first-order valence-corrected chi connectivity index (χ1v) is 9.99. The van der Waals surface area contributed by atoms with Crippen LogP contribution in [0.4, 0.5) is 0 Å². The molecule has 7 heteroatoms. The molecule has 0 bridgehead atoms. The van der Waals surface area contributed by atoms with Gasteiger partial charge in [0.1, 0.15) is 17.3 Å². The second-order valence-electron chi connectivity index (χ2n) is 7.26. The molecule has 2 aromatic carbocycles. The standard InChI is InChI=1S/C25H22N2O5/c1-31-18-10-11-19(20(13-18)32-2)22-21(23(28)17-8-4-3-5-9-17)24(29)25(30)27(22)15-16-7-6-12-26-14-16/h3-14,22,28H,15H2,1-2H3/b23-21+/t22-/m0/s1. The van der Waals surface area contributed by atoms with Crippen LogP contribution in [0, 0.1) is 0 Å². The Balaban J connectivity index is 1.91. The molecule has 0 aliphatic carbocycles. The first kappa shape index (κ1) is 21.1. The molecule has 7 nitrogen and oxygen atoms in total. The quantitative estimate of drug-likeness (QED) is 0.364. The van der Waals surface area contributed by atoms with Crippen molar-refractivity contribution in [2.45, 2.75) is 12.6 Å². The number of aliphatic hydroxyl groups is 1. The number of aliphatic hydroxyl groups excluding tert-OH is 1. The molecule has 2 heterocycles. The Kier molecular flexibility index (Phi) is 5.89. The highest BCUT2D eigenvalue weighted by atomic mass is 16.5. The van der Waals surface area contributed by atoms with Crippen LogP contribution in [0.5, 0.6) is 11.5 Å². The molecule has 1 atom stereocenters. The fourth-order valence-corrected chi connectivity index (χ4v) is 3.85. The van der Waals surface area contributed by atoms with E-state index in [9.17, 15) is 14.7 Å². The molecule has 0 saturated carbocycles. The molecule has 1 saturated heterocycles. The number of hydrogen-bond acceptors (Lipinski definition) is 6. The molecule has 4 rings (SSSR count). The van der Waals surface area contributed by atoms with Crippen LogP contribution in [0.25, 0.3) is 5.76 Å². The zero-order chi connectivity index (χ0) is 22.7. The topological polar surface area (TPSA) is 89.0 Å². The van der Waals surface area contributed by atoms with E-state index in [2.05, 4.69) is 4.98 Å². The van der Waals surface area contributed by atoms with Crippen molar-refractivity contribution in [1.82, 2.24) is 9.88 Å². The number of amides is 1. The number of nitrogens with zero attached hydrogens (tertiary/aromatic N) is 2. The van der Waals surface area contributed by atoms with Crippen LogP contribution >= 0.6 is 0 Å². The molecule has 1 N–H and O–H groups in total. The third kappa shape index (κ3) is 3.80. The van der Waals surface area contributed by atoms with Crippen molar-refractivity contribution >= 4 is 17.4 Å². The average molecular weight is 430 g/mol. The fraction of sp³-hybridized carbons (Fsp3) is 0.160. The van der Waals surface area contributed by atoms with Gasteiger partial charge >= 0.3 is 0 Å². The summed E-state index contributed by atoms with van der Waals surface area (Å²) in [6, 6.07) is 16.6. The van der Waals surface area contributed by atoms with Crippen LogP contribution < -0.4 is 9.47 Å². The van der Waals surface area contributed by atoms with E-state index in [1.165, 1.54) is 12.0 Å². The normalized spacial score (nSPS) is 17.4. The number of carbonyl (C=O) groups is 2. The van der Waals surface area contributed by atoms with E-state index in [-0.39, 0.29) is 17.9 Å². The Hall–Kier alpha value is -4.13. The van der Waals surface area contributed by atoms with Gasteiger partial charge in [0.05, 0.1) is 25.8 Å². The Morgan fingerprint density at radius 1 is 1.03 bits per heavy atom. The molecule has 0 spiro atoms. The van der Waals surface area contributed by atoms with Crippen molar-refractivity contribution in [2.24, 2.45) is 0 Å². The van der Waals surface area contributed by atoms with E-state index in [1.54, 1.807) is 68.0 Å². The number of benzene rings is 2. The van der Waals surface area contributed by atoms with Crippen molar-refractivity contribution in [3.8, 4) is 11.5 Å². The molecule has 1 aromatic heterocycles. The number of aromatic nitrogens is 1. The van der Waals surface area contributed by atoms with Crippen molar-refractivity contribution in [2.75, 3.05) is 14.2 Å². The summed E-state index contributed by atoms with van der Waals surface area (Å²) in [5.74, 6) is -0.683. The summed E-state index contributed by atoms with van der Waals surface area (Å²) in [5.41, 5.74) is 1.78. The maximum Gasteiger partial charge on any atom is 0.295 e. The Bertz CT molecular complexity index is 1180. The van der Waals surface area contributed by atoms with Gasteiger partial charge in [0.15, 0.2) is 0 Å². The first-order chi connectivity index (χ1) is 15.5. The number of hydrogen-bond donors (Lipinski definition) is 1. The fourth-order valence-electron chi connectivity index (χ4n) is 3.85. The second-order valence-corrected chi connectivity index (χ2v) is 7.26. The molecular weight excluding hydrogens is 408 g/mol. The third-order valence-electron chi connectivity index (χ3n) is 5.40. The van der Waals surface area contributed by atoms with Gasteiger partial charge in [-0.15, -0.1) is 0 Å². The minimum absolute atomic E-state index is 0.00792. The van der Waals surface area contributed by atoms with Gasteiger partial charge in [-0.1, -0.05) is 36.4 Å². The molecule has 1 aliphatic rings. The van der Waals surface area contributed by atoms with Crippen molar-refractivity contribution in [3.63, 3.8) is 0 Å². The van der Waals surface area contributed by atoms with Crippen molar-refractivity contribution in [1.29, 1.82) is 0 Å². The molecule has 0 unspecified atom stereocenters. The third-order valence-corrected chi connectivity index (χ3v) is 5.40. The number of rotatable bonds is 6. The summed E-state index contributed by atoms with van der Waals surface area (Å²) in [6.45, 7) is 0.143. The summed E-state index contributed by atoms with van der Waals surface area (Å²) in [6.07, 6.45) is 3.27. The first-order valence-electron chi connectivity index (χ1n) is 9.99. The number of carbonyl (C=O) groups excluding carboxylic acids is 2. The minimum Gasteiger partial charge on any atom is -0.507 e. The lowest BCUT2D eigenvalue weighted by atomic mass is 9.94. The van der Waals surface area contributed by atoms with Gasteiger partial charge in [-0.3, -0.25) is 14.6 Å². The summed E-state index contributed by atoms with van der Waals surface area (Å²) in [5, 5.41) is 11.1. The smallest absolute Gasteiger partial charge is 0.295 e. The maximum absolute atomic E-state index is 13.1. The van der Waals surface area contributed by atoms with Gasteiger partial charge in [0.2, 0.25) is 0 Å². The molecule has 1 amide bonds. The van der Waals surface area contributed by atoms with Gasteiger partial charge in [-0.25, -0.2) is 0 Å². The van der Waals surface area contributed by atoms with Crippen LogP contribution in [0.3, 0.4) is 0 Å². The highest BCUT2D eigenvalue weighted by molar-refractivity contribution is 6.46. The van der Waals surface area contributed by atoms with E-state index in [4.69, 9.17) is 9.47 Å². The number of Topliss-reactive ketones (excluding diaryl/α,β-unsaturated/α-hetero) is 1. The highest BCUT2D eigenvalue weighted by Gasteiger charge is 2.47. The van der Waals surface area contributed by atoms with E-state index in [1.807, 2.05) is 12.1 Å². The van der Waals surface area contributed by atoms with Crippen LogP contribution in [0.15, 0.2) is 78.6 Å². The SMILES string of the molecule is COc1ccc([C@H]2/C(=C(\O)c3ccccc3)C(=O)C(=O)N2Cc2cccnc2)c(OC)c1. The monoisotopic (exact) mass is 430 g/mol. The lowest BCUT2D eigenvalue weighted by Crippen LogP contribution is -2.29. The summed E-state index contributed by atoms with van der Waals surface area (Å²) < 4.78 is 10.8. The van der Waals surface area contributed by atoms with Crippen LogP contribution in [0.1, 0.15) is 22.7 Å². The van der Waals surface area contributed by atoms with Crippen molar-refractivity contribution in [3.05, 3.63) is 95.3 Å². The summed E-state index contributed by atoms with van der Waals surface area (Å²) in [4.78, 5) is 31.8. The largest absolute Gasteiger partial charge is 0.507 e. The minimum atomic E-state index is -0.851. The molecular formula is C25H22N2O5. The predicted octanol–water partition coefficient (Wildman–Crippen LogP) is 3.72. The average Bonchev–Trinajstić information content (AvgIpc) is 3.09. The molecule has 1 aliphatic heterocycles. The van der Waals surface area contributed by atoms with Crippen LogP contribution in [-0.4, -0.2) is 40.9 Å². The number of ether oxygens (including phenoxy) is 2. The van der Waals surface area contributed by atoms with Gasteiger partial charge in [-0.05, 0) is 23.8 Å². The number of methoxy groups -OCH3 is 2. The summed E-state index contributed by atoms with van der Waals surface area (Å²) in [7, 11) is 3.04. The number of likely N-dealkylation sites (tertiary alicyclic amines) is 1. The zero-order valence-electron chi connectivity index (χ0n) is 17.7. The Labute approximate surface area is 185 Å². The van der Waals surface area contributed by atoms with E-state index in [0.717, 1.165) is 5.56 Å². The molecule has 32 heavy (non-hydrogen) atoms. The Morgan fingerprint density at radius 3 is 2.47 bits per heavy atom. The number of ketones is 1. The van der Waals surface area contributed by atoms with Crippen LogP contribution in [0.2, 0.25) is 0 Å². The zero-order valence-corrected chi connectivity index (χ0v) is 17.7. The van der Waals surface area contributed by atoms with E-state index >= 15 is 0 Å². The van der Waals surface area contributed by atoms with Gasteiger partial charge in [0, 0.05) is 36.1 Å². The lowest BCUT2D eigenvalue weighted by Gasteiger charge is -2.26. The second kappa shape index (κ2) is 8.93. The molecule has 0 radical (unpaired) electrons. The lowest BCUT2D eigenvalue weighted by molar-refractivity contribution is -0.140. The van der Waals surface area contributed by atoms with Crippen molar-refractivity contribution < 1.29 is 24.2 Å². The van der Waals surface area contributed by atoms with E-state index in [0.29, 0.717) is 22.6 Å². The maximum atomic E-state index is 13.1. The van der Waals surface area contributed by atoms with E-state index < -0.39 is 17.7 Å². The molecule has 1 fully saturated rings. The number of pyridine rings is 1. The van der Waals surface area contributed by atoms with Crippen LogP contribution in [-0.2, 0) is 16.1 Å². The van der Waals surface area contributed by atoms with Gasteiger partial charge in [0.25, 0.3) is 11.7 Å².